The molecule has 1 N–H and O–H groups in total. The van der Waals surface area contributed by atoms with Crippen LogP contribution in [-0.2, 0) is 6.42 Å². The number of aryl methyl sites for hydroxylation is 1. The third-order valence-electron chi connectivity index (χ3n) is 5.14. The van der Waals surface area contributed by atoms with Gasteiger partial charge in [-0.15, -0.1) is 0 Å². The van der Waals surface area contributed by atoms with Crippen LogP contribution in [0.4, 0.5) is 0 Å². The van der Waals surface area contributed by atoms with Crippen molar-refractivity contribution in [2.75, 3.05) is 0 Å². The summed E-state index contributed by atoms with van der Waals surface area (Å²) in [5.74, 6) is 1.82. The molecule has 1 aromatic carbocycles. The van der Waals surface area contributed by atoms with Gasteiger partial charge in [-0.2, -0.15) is 0 Å². The molecule has 0 saturated heterocycles. The van der Waals surface area contributed by atoms with Crippen molar-refractivity contribution in [2.45, 2.75) is 58.5 Å². The van der Waals surface area contributed by atoms with Crippen LogP contribution >= 0.6 is 0 Å². The van der Waals surface area contributed by atoms with Gasteiger partial charge in [-0.05, 0) is 55.4 Å². The molecule has 1 aliphatic carbocycles. The van der Waals surface area contributed by atoms with Crippen molar-refractivity contribution in [2.24, 2.45) is 17.8 Å². The number of hydrogen-bond donors (Lipinski definition) is 1. The maximum Gasteiger partial charge on any atom is 0.0679 e. The van der Waals surface area contributed by atoms with Crippen molar-refractivity contribution in [3.05, 3.63) is 35.9 Å². The average molecular weight is 260 g/mol. The number of aliphatic hydroxyl groups is 1. The second-order valence-electron chi connectivity index (χ2n) is 6.78. The van der Waals surface area contributed by atoms with Crippen LogP contribution in [0.25, 0.3) is 0 Å². The van der Waals surface area contributed by atoms with Gasteiger partial charge in [0.15, 0.2) is 0 Å². The molecule has 106 valence electrons. The summed E-state index contributed by atoms with van der Waals surface area (Å²) in [6.07, 6.45) is 5.34. The van der Waals surface area contributed by atoms with Gasteiger partial charge in [0.2, 0.25) is 0 Å². The average Bonchev–Trinajstić information content (AvgIpc) is 2.41. The summed E-state index contributed by atoms with van der Waals surface area (Å²) in [5.41, 5.74) is 0.887. The van der Waals surface area contributed by atoms with E-state index in [0.29, 0.717) is 17.8 Å². The van der Waals surface area contributed by atoms with Crippen molar-refractivity contribution in [3.63, 3.8) is 0 Å². The van der Waals surface area contributed by atoms with Crippen LogP contribution in [-0.4, -0.2) is 10.7 Å². The monoisotopic (exact) mass is 260 g/mol. The molecule has 0 amide bonds. The molecule has 0 aromatic heterocycles. The van der Waals surface area contributed by atoms with Crippen molar-refractivity contribution < 1.29 is 5.11 Å². The van der Waals surface area contributed by atoms with Crippen LogP contribution in [0.3, 0.4) is 0 Å². The van der Waals surface area contributed by atoms with Crippen LogP contribution in [0.5, 0.6) is 0 Å². The molecule has 1 nitrogen and oxygen atoms in total. The Morgan fingerprint density at radius 2 is 1.89 bits per heavy atom. The molecule has 1 aliphatic rings. The molecular weight excluding hydrogens is 232 g/mol. The summed E-state index contributed by atoms with van der Waals surface area (Å²) in [6, 6.07) is 10.5. The Morgan fingerprint density at radius 3 is 2.53 bits per heavy atom. The Kier molecular flexibility index (Phi) is 4.67. The molecule has 0 unspecified atom stereocenters. The predicted octanol–water partition coefficient (Wildman–Crippen LogP) is 4.44. The Hall–Kier alpha value is -0.820. The number of hydrogen-bond acceptors (Lipinski definition) is 1. The van der Waals surface area contributed by atoms with E-state index in [-0.39, 0.29) is 0 Å². The fourth-order valence-corrected chi connectivity index (χ4v) is 3.41. The smallest absolute Gasteiger partial charge is 0.0679 e. The van der Waals surface area contributed by atoms with E-state index in [1.165, 1.54) is 18.4 Å². The lowest BCUT2D eigenvalue weighted by molar-refractivity contribution is -0.0720. The van der Waals surface area contributed by atoms with E-state index in [1.807, 2.05) is 0 Å². The zero-order valence-electron chi connectivity index (χ0n) is 12.6. The van der Waals surface area contributed by atoms with Crippen LogP contribution in [0.1, 0.15) is 52.0 Å². The Labute approximate surface area is 118 Å². The molecule has 0 heterocycles. The van der Waals surface area contributed by atoms with E-state index in [0.717, 1.165) is 19.3 Å². The third kappa shape index (κ3) is 3.60. The minimum atomic E-state index is -0.455. The van der Waals surface area contributed by atoms with Gasteiger partial charge in [-0.1, -0.05) is 51.1 Å². The first kappa shape index (κ1) is 14.6. The molecular formula is C18H28O. The Morgan fingerprint density at radius 1 is 1.21 bits per heavy atom. The van der Waals surface area contributed by atoms with Gasteiger partial charge in [-0.25, -0.2) is 0 Å². The Bertz CT molecular complexity index is 384. The first-order valence-corrected chi connectivity index (χ1v) is 7.77. The van der Waals surface area contributed by atoms with Gasteiger partial charge in [0.05, 0.1) is 5.60 Å². The normalized spacial score (nSPS) is 31.6. The number of benzene rings is 1. The molecule has 3 atom stereocenters. The molecule has 0 aliphatic heterocycles. The molecule has 2 rings (SSSR count). The molecule has 1 saturated carbocycles. The molecule has 1 heteroatoms. The van der Waals surface area contributed by atoms with Crippen molar-refractivity contribution in [1.82, 2.24) is 0 Å². The summed E-state index contributed by atoms with van der Waals surface area (Å²) in [7, 11) is 0. The molecule has 1 fully saturated rings. The molecule has 0 radical (unpaired) electrons. The zero-order valence-corrected chi connectivity index (χ0v) is 12.6. The predicted molar refractivity (Wildman–Crippen MR) is 81.1 cm³/mol. The largest absolute Gasteiger partial charge is 0.390 e. The van der Waals surface area contributed by atoms with Crippen LogP contribution in [0.15, 0.2) is 30.3 Å². The first-order valence-electron chi connectivity index (χ1n) is 7.77. The summed E-state index contributed by atoms with van der Waals surface area (Å²) in [6.45, 7) is 6.80. The quantitative estimate of drug-likeness (QED) is 0.848. The van der Waals surface area contributed by atoms with Gasteiger partial charge >= 0.3 is 0 Å². The van der Waals surface area contributed by atoms with E-state index >= 15 is 0 Å². The SMILES string of the molecule is CC(C)[C@H]1CC[C@H](C)[C@@](O)(CCc2ccccc2)C1. The fourth-order valence-electron chi connectivity index (χ4n) is 3.41. The third-order valence-corrected chi connectivity index (χ3v) is 5.14. The van der Waals surface area contributed by atoms with Gasteiger partial charge in [-0.3, -0.25) is 0 Å². The van der Waals surface area contributed by atoms with Crippen molar-refractivity contribution >= 4 is 0 Å². The van der Waals surface area contributed by atoms with E-state index in [2.05, 4.69) is 51.1 Å². The van der Waals surface area contributed by atoms with E-state index < -0.39 is 5.60 Å². The van der Waals surface area contributed by atoms with Crippen LogP contribution in [0.2, 0.25) is 0 Å². The van der Waals surface area contributed by atoms with Crippen molar-refractivity contribution in [1.29, 1.82) is 0 Å². The molecule has 1 aromatic rings. The Balaban J connectivity index is 1.99. The summed E-state index contributed by atoms with van der Waals surface area (Å²) in [5, 5.41) is 11.0. The minimum Gasteiger partial charge on any atom is -0.390 e. The van der Waals surface area contributed by atoms with Gasteiger partial charge < -0.3 is 5.11 Å². The van der Waals surface area contributed by atoms with E-state index in [9.17, 15) is 5.11 Å². The topological polar surface area (TPSA) is 20.2 Å². The maximum absolute atomic E-state index is 11.0. The highest BCUT2D eigenvalue weighted by atomic mass is 16.3. The molecule has 19 heavy (non-hydrogen) atoms. The van der Waals surface area contributed by atoms with Gasteiger partial charge in [0.25, 0.3) is 0 Å². The van der Waals surface area contributed by atoms with Crippen molar-refractivity contribution in [3.8, 4) is 0 Å². The lowest BCUT2D eigenvalue weighted by Gasteiger charge is -2.43. The number of rotatable bonds is 4. The van der Waals surface area contributed by atoms with Crippen LogP contribution < -0.4 is 0 Å². The van der Waals surface area contributed by atoms with Crippen LogP contribution in [0, 0.1) is 17.8 Å². The maximum atomic E-state index is 11.0. The highest BCUT2D eigenvalue weighted by Crippen LogP contribution is 2.42. The summed E-state index contributed by atoms with van der Waals surface area (Å²) in [4.78, 5) is 0. The minimum absolute atomic E-state index is 0.436. The molecule has 0 spiro atoms. The lowest BCUT2D eigenvalue weighted by Crippen LogP contribution is -2.43. The van der Waals surface area contributed by atoms with Gasteiger partial charge in [0.1, 0.15) is 0 Å². The zero-order chi connectivity index (χ0) is 13.9. The lowest BCUT2D eigenvalue weighted by atomic mass is 9.66. The summed E-state index contributed by atoms with van der Waals surface area (Å²) >= 11 is 0. The standard InChI is InChI=1S/C18H28O/c1-14(2)17-10-9-15(3)18(19,13-17)12-11-16-7-5-4-6-8-16/h4-8,14-15,17,19H,9-13H2,1-3H3/t15-,17-,18+/m0/s1. The van der Waals surface area contributed by atoms with E-state index in [1.54, 1.807) is 0 Å². The summed E-state index contributed by atoms with van der Waals surface area (Å²) < 4.78 is 0. The first-order chi connectivity index (χ1) is 9.01. The second-order valence-corrected chi connectivity index (χ2v) is 6.78. The highest BCUT2D eigenvalue weighted by molar-refractivity contribution is 5.15. The molecule has 0 bridgehead atoms. The fraction of sp³-hybridized carbons (Fsp3) is 0.667. The van der Waals surface area contributed by atoms with Gasteiger partial charge in [0, 0.05) is 0 Å². The second kappa shape index (κ2) is 6.09. The highest BCUT2D eigenvalue weighted by Gasteiger charge is 2.40. The van der Waals surface area contributed by atoms with E-state index in [4.69, 9.17) is 0 Å².